The summed E-state index contributed by atoms with van der Waals surface area (Å²) >= 11 is 0. The molecule has 9 heteroatoms. The Labute approximate surface area is 147 Å². The fraction of sp³-hybridized carbons (Fsp3) is 0.562. The molecule has 0 saturated carbocycles. The fourth-order valence-electron chi connectivity index (χ4n) is 2.89. The van der Waals surface area contributed by atoms with Gasteiger partial charge in [-0.3, -0.25) is 14.9 Å². The standard InChI is InChI=1S/C16H23N3O5S/c1-3-9-25(23,24)18-8-4-5-13(11-18)16(20)17-15-10-14(19(21)22)7-6-12(15)2/h6-7,10,13H,3-5,8-9,11H2,1-2H3,(H,17,20). The van der Waals surface area contributed by atoms with Crippen molar-refractivity contribution in [2.75, 3.05) is 24.2 Å². The summed E-state index contributed by atoms with van der Waals surface area (Å²) in [5.74, 6) is -0.690. The Morgan fingerprint density at radius 1 is 1.44 bits per heavy atom. The van der Waals surface area contributed by atoms with Crippen LogP contribution in [0.1, 0.15) is 31.7 Å². The number of hydrogen-bond acceptors (Lipinski definition) is 5. The highest BCUT2D eigenvalue weighted by Crippen LogP contribution is 2.25. The number of aryl methyl sites for hydroxylation is 1. The van der Waals surface area contributed by atoms with Crippen molar-refractivity contribution in [3.8, 4) is 0 Å². The Morgan fingerprint density at radius 2 is 2.16 bits per heavy atom. The molecular weight excluding hydrogens is 346 g/mol. The van der Waals surface area contributed by atoms with Crippen LogP contribution in [0.25, 0.3) is 0 Å². The minimum atomic E-state index is -3.33. The molecule has 1 unspecified atom stereocenters. The summed E-state index contributed by atoms with van der Waals surface area (Å²) in [6.45, 7) is 4.14. The van der Waals surface area contributed by atoms with Crippen LogP contribution in [0.2, 0.25) is 0 Å². The summed E-state index contributed by atoms with van der Waals surface area (Å²) in [5.41, 5.74) is 0.995. The lowest BCUT2D eigenvalue weighted by Gasteiger charge is -2.31. The molecule has 25 heavy (non-hydrogen) atoms. The van der Waals surface area contributed by atoms with Crippen molar-refractivity contribution in [1.29, 1.82) is 0 Å². The number of rotatable bonds is 6. The van der Waals surface area contributed by atoms with Crippen LogP contribution >= 0.6 is 0 Å². The van der Waals surface area contributed by atoms with E-state index in [-0.39, 0.29) is 23.9 Å². The number of nitro groups is 1. The SMILES string of the molecule is CCCS(=O)(=O)N1CCCC(C(=O)Nc2cc([N+](=O)[O-])ccc2C)C1. The number of amides is 1. The van der Waals surface area contributed by atoms with Crippen LogP contribution in [0.15, 0.2) is 18.2 Å². The maximum absolute atomic E-state index is 12.5. The lowest BCUT2D eigenvalue weighted by Crippen LogP contribution is -2.44. The van der Waals surface area contributed by atoms with Crippen LogP contribution in [0, 0.1) is 23.0 Å². The first kappa shape index (κ1) is 19.3. The Morgan fingerprint density at radius 3 is 2.80 bits per heavy atom. The number of piperidine rings is 1. The van der Waals surface area contributed by atoms with Gasteiger partial charge in [0.25, 0.3) is 5.69 Å². The van der Waals surface area contributed by atoms with Crippen molar-refractivity contribution in [2.45, 2.75) is 33.1 Å². The maximum Gasteiger partial charge on any atom is 0.271 e. The van der Waals surface area contributed by atoms with Crippen LogP contribution in [-0.4, -0.2) is 42.4 Å². The molecule has 0 spiro atoms. The monoisotopic (exact) mass is 369 g/mol. The molecule has 1 fully saturated rings. The number of nitrogens with zero attached hydrogens (tertiary/aromatic N) is 2. The van der Waals surface area contributed by atoms with Gasteiger partial charge in [-0.25, -0.2) is 12.7 Å². The number of nitro benzene ring substituents is 1. The van der Waals surface area contributed by atoms with Crippen molar-refractivity contribution in [3.63, 3.8) is 0 Å². The van der Waals surface area contributed by atoms with Gasteiger partial charge in [-0.15, -0.1) is 0 Å². The zero-order valence-electron chi connectivity index (χ0n) is 14.4. The van der Waals surface area contributed by atoms with E-state index in [2.05, 4.69) is 5.32 Å². The van der Waals surface area contributed by atoms with Crippen LogP contribution in [-0.2, 0) is 14.8 Å². The largest absolute Gasteiger partial charge is 0.325 e. The van der Waals surface area contributed by atoms with Crippen molar-refractivity contribution < 1.29 is 18.1 Å². The Balaban J connectivity index is 2.11. The molecule has 1 atom stereocenters. The van der Waals surface area contributed by atoms with Crippen molar-refractivity contribution >= 4 is 27.3 Å². The van der Waals surface area contributed by atoms with E-state index in [9.17, 15) is 23.3 Å². The first-order chi connectivity index (χ1) is 11.7. The van der Waals surface area contributed by atoms with Gasteiger partial charge in [-0.1, -0.05) is 13.0 Å². The van der Waals surface area contributed by atoms with E-state index in [1.807, 2.05) is 0 Å². The maximum atomic E-state index is 12.5. The number of anilines is 1. The third-order valence-electron chi connectivity index (χ3n) is 4.30. The van der Waals surface area contributed by atoms with Gasteiger partial charge in [0.15, 0.2) is 0 Å². The average Bonchev–Trinajstić information content (AvgIpc) is 2.56. The van der Waals surface area contributed by atoms with E-state index in [0.29, 0.717) is 37.1 Å². The lowest BCUT2D eigenvalue weighted by atomic mass is 9.98. The van der Waals surface area contributed by atoms with Gasteiger partial charge < -0.3 is 5.32 Å². The van der Waals surface area contributed by atoms with Crippen molar-refractivity contribution in [1.82, 2.24) is 4.31 Å². The highest BCUT2D eigenvalue weighted by molar-refractivity contribution is 7.89. The summed E-state index contributed by atoms with van der Waals surface area (Å²) in [4.78, 5) is 22.9. The second-order valence-corrected chi connectivity index (χ2v) is 8.35. The average molecular weight is 369 g/mol. The molecule has 1 N–H and O–H groups in total. The third-order valence-corrected chi connectivity index (χ3v) is 6.34. The van der Waals surface area contributed by atoms with E-state index >= 15 is 0 Å². The zero-order valence-corrected chi connectivity index (χ0v) is 15.2. The molecule has 8 nitrogen and oxygen atoms in total. The highest BCUT2D eigenvalue weighted by Gasteiger charge is 2.32. The molecule has 2 rings (SSSR count). The summed E-state index contributed by atoms with van der Waals surface area (Å²) < 4.78 is 25.8. The van der Waals surface area contributed by atoms with E-state index in [1.165, 1.54) is 16.4 Å². The van der Waals surface area contributed by atoms with Gasteiger partial charge >= 0.3 is 0 Å². The predicted molar refractivity (Wildman–Crippen MR) is 94.8 cm³/mol. The van der Waals surface area contributed by atoms with E-state index < -0.39 is 20.9 Å². The van der Waals surface area contributed by atoms with Crippen LogP contribution in [0.4, 0.5) is 11.4 Å². The molecular formula is C16H23N3O5S. The van der Waals surface area contributed by atoms with Gasteiger partial charge in [0.1, 0.15) is 0 Å². The highest BCUT2D eigenvalue weighted by atomic mass is 32.2. The zero-order chi connectivity index (χ0) is 18.6. The second kappa shape index (κ2) is 7.92. The molecule has 1 aromatic rings. The molecule has 138 valence electrons. The summed E-state index contributed by atoms with van der Waals surface area (Å²) in [7, 11) is -3.33. The number of carbonyl (C=O) groups is 1. The minimum Gasteiger partial charge on any atom is -0.325 e. The number of hydrogen-bond donors (Lipinski definition) is 1. The number of non-ortho nitro benzene ring substituents is 1. The number of nitrogens with one attached hydrogen (secondary N) is 1. The molecule has 0 aromatic heterocycles. The molecule has 1 amide bonds. The molecule has 1 aliphatic rings. The molecule has 1 saturated heterocycles. The molecule has 0 bridgehead atoms. The smallest absolute Gasteiger partial charge is 0.271 e. The van der Waals surface area contributed by atoms with Gasteiger partial charge in [0, 0.05) is 25.2 Å². The third kappa shape index (κ3) is 4.76. The van der Waals surface area contributed by atoms with E-state index in [1.54, 1.807) is 19.9 Å². The molecule has 0 radical (unpaired) electrons. The normalized spacial score (nSPS) is 18.7. The second-order valence-electron chi connectivity index (χ2n) is 6.26. The topological polar surface area (TPSA) is 110 Å². The molecule has 1 heterocycles. The molecule has 1 aliphatic heterocycles. The molecule has 1 aromatic carbocycles. The van der Waals surface area contributed by atoms with Crippen LogP contribution in [0.3, 0.4) is 0 Å². The van der Waals surface area contributed by atoms with Crippen molar-refractivity contribution in [3.05, 3.63) is 33.9 Å². The van der Waals surface area contributed by atoms with Crippen LogP contribution in [0.5, 0.6) is 0 Å². The number of sulfonamides is 1. The predicted octanol–water partition coefficient (Wildman–Crippen LogP) is 2.29. The minimum absolute atomic E-state index is 0.0747. The van der Waals surface area contributed by atoms with Gasteiger partial charge in [0.2, 0.25) is 15.9 Å². The Bertz CT molecular complexity index is 763. The van der Waals surface area contributed by atoms with Gasteiger partial charge in [-0.2, -0.15) is 0 Å². The first-order valence-corrected chi connectivity index (χ1v) is 9.89. The van der Waals surface area contributed by atoms with Gasteiger partial charge in [-0.05, 0) is 31.7 Å². The lowest BCUT2D eigenvalue weighted by molar-refractivity contribution is -0.384. The van der Waals surface area contributed by atoms with E-state index in [4.69, 9.17) is 0 Å². The Hall–Kier alpha value is -2.00. The van der Waals surface area contributed by atoms with Gasteiger partial charge in [0.05, 0.1) is 22.3 Å². The van der Waals surface area contributed by atoms with E-state index in [0.717, 1.165) is 0 Å². The summed E-state index contributed by atoms with van der Waals surface area (Å²) in [6.07, 6.45) is 1.75. The summed E-state index contributed by atoms with van der Waals surface area (Å²) in [6, 6.07) is 4.28. The number of benzene rings is 1. The molecule has 0 aliphatic carbocycles. The quantitative estimate of drug-likeness (QED) is 0.611. The summed E-state index contributed by atoms with van der Waals surface area (Å²) in [5, 5.41) is 13.6. The fourth-order valence-corrected chi connectivity index (χ4v) is 4.48. The van der Waals surface area contributed by atoms with Crippen LogP contribution < -0.4 is 5.32 Å². The Kier molecular flexibility index (Phi) is 6.12. The first-order valence-electron chi connectivity index (χ1n) is 8.28. The number of carbonyl (C=O) groups excluding carboxylic acids is 1. The van der Waals surface area contributed by atoms with Crippen molar-refractivity contribution in [2.24, 2.45) is 5.92 Å².